The molecule has 1 N–H and O–H groups in total. The summed E-state index contributed by atoms with van der Waals surface area (Å²) >= 11 is 0. The summed E-state index contributed by atoms with van der Waals surface area (Å²) in [6.07, 6.45) is 89.8. The smallest absolute Gasteiger partial charge is 0.462 e. The summed E-state index contributed by atoms with van der Waals surface area (Å²) in [5, 5.41) is 0. The van der Waals surface area contributed by atoms with Crippen LogP contribution in [-0.2, 0) is 32.7 Å². The second-order valence-corrected chi connectivity index (χ2v) is 26.7. The van der Waals surface area contributed by atoms with Gasteiger partial charge >= 0.3 is 19.8 Å². The Bertz CT molecular complexity index is 1710. The molecule has 0 aromatic carbocycles. The van der Waals surface area contributed by atoms with Gasteiger partial charge in [0, 0.05) is 12.8 Å². The minimum atomic E-state index is -4.40. The molecule has 10 heteroatoms. The van der Waals surface area contributed by atoms with E-state index in [1.165, 1.54) is 205 Å². The molecule has 0 heterocycles. The molecule has 2 unspecified atom stereocenters. The number of esters is 2. The number of quaternary nitrogens is 1. The highest BCUT2D eigenvalue weighted by atomic mass is 31.2. The molecule has 9 nitrogen and oxygen atoms in total. The van der Waals surface area contributed by atoms with Crippen LogP contribution in [0.25, 0.3) is 0 Å². The molecule has 0 aliphatic rings. The lowest BCUT2D eigenvalue weighted by molar-refractivity contribution is -0.870. The van der Waals surface area contributed by atoms with Gasteiger partial charge in [-0.05, 0) is 70.6 Å². The number of ether oxygens (including phenoxy) is 2. The molecule has 2 atom stereocenters. The van der Waals surface area contributed by atoms with Crippen LogP contribution in [0.2, 0.25) is 0 Å². The first kappa shape index (κ1) is 82.2. The van der Waals surface area contributed by atoms with Gasteiger partial charge in [-0.3, -0.25) is 18.6 Å². The molecule has 0 spiro atoms. The van der Waals surface area contributed by atoms with Crippen molar-refractivity contribution in [2.75, 3.05) is 47.5 Å². The van der Waals surface area contributed by atoms with Gasteiger partial charge in [0.25, 0.3) is 0 Å². The van der Waals surface area contributed by atoms with Gasteiger partial charge in [-0.15, -0.1) is 0 Å². The maximum absolute atomic E-state index is 12.9. The second kappa shape index (κ2) is 65.6. The molecular formula is C75H137NO8P+. The molecule has 0 bridgehead atoms. The standard InChI is InChI=1S/C75H136NO8P/c1-6-8-10-12-14-16-18-20-22-24-26-28-30-32-34-36-37-38-40-41-43-45-47-49-51-53-55-57-59-61-63-65-67-74(77)81-71-73(72-83-85(79,80)82-70-69-76(3,4)5)84-75(78)68-66-64-62-60-58-56-54-52-50-48-46-44-42-39-35-33-31-29-27-25-23-21-19-17-15-13-11-9-7-2/h9,11,15,17,21,23,27,29,33,35,42,44,48,50,73H,6-8,10,12-14,16,18-20,22,24-26,28,30-32,34,36-41,43,45-47,49,51-72H2,1-5H3/p+1/b11-9-,17-15-,23-21-,29-27-,35-33-,44-42-,50-48-. The van der Waals surface area contributed by atoms with Crippen molar-refractivity contribution in [3.05, 3.63) is 85.1 Å². The van der Waals surface area contributed by atoms with Crippen LogP contribution in [0.5, 0.6) is 0 Å². The van der Waals surface area contributed by atoms with Crippen LogP contribution in [0.1, 0.15) is 328 Å². The van der Waals surface area contributed by atoms with Gasteiger partial charge in [-0.1, -0.05) is 330 Å². The van der Waals surface area contributed by atoms with E-state index < -0.39 is 26.5 Å². The van der Waals surface area contributed by atoms with Crippen molar-refractivity contribution in [2.45, 2.75) is 335 Å². The van der Waals surface area contributed by atoms with Gasteiger partial charge < -0.3 is 18.9 Å². The van der Waals surface area contributed by atoms with Crippen molar-refractivity contribution in [1.29, 1.82) is 0 Å². The van der Waals surface area contributed by atoms with E-state index in [1.54, 1.807) is 0 Å². The van der Waals surface area contributed by atoms with E-state index in [1.807, 2.05) is 21.1 Å². The lowest BCUT2D eigenvalue weighted by atomic mass is 10.0. The van der Waals surface area contributed by atoms with E-state index in [4.69, 9.17) is 18.5 Å². The summed E-state index contributed by atoms with van der Waals surface area (Å²) < 4.78 is 34.7. The normalized spacial score (nSPS) is 13.6. The third kappa shape index (κ3) is 70.2. The summed E-state index contributed by atoms with van der Waals surface area (Å²) in [6, 6.07) is 0. The van der Waals surface area contributed by atoms with Crippen molar-refractivity contribution < 1.29 is 42.1 Å². The van der Waals surface area contributed by atoms with E-state index in [9.17, 15) is 19.0 Å². The van der Waals surface area contributed by atoms with Crippen LogP contribution in [0.4, 0.5) is 0 Å². The van der Waals surface area contributed by atoms with Crippen LogP contribution in [0.15, 0.2) is 85.1 Å². The molecule has 0 rings (SSSR count). The van der Waals surface area contributed by atoms with Gasteiger partial charge in [0.2, 0.25) is 0 Å². The molecule has 0 aromatic heterocycles. The Hall–Kier alpha value is -2.81. The fourth-order valence-corrected chi connectivity index (χ4v) is 11.0. The van der Waals surface area contributed by atoms with Crippen molar-refractivity contribution in [3.63, 3.8) is 0 Å². The Morgan fingerprint density at radius 1 is 0.376 bits per heavy atom. The minimum absolute atomic E-state index is 0.0270. The van der Waals surface area contributed by atoms with E-state index in [2.05, 4.69) is 98.9 Å². The van der Waals surface area contributed by atoms with Crippen LogP contribution in [0.3, 0.4) is 0 Å². The highest BCUT2D eigenvalue weighted by molar-refractivity contribution is 7.47. The van der Waals surface area contributed by atoms with Crippen LogP contribution < -0.4 is 0 Å². The molecule has 0 amide bonds. The van der Waals surface area contributed by atoms with Crippen molar-refractivity contribution >= 4 is 19.8 Å². The van der Waals surface area contributed by atoms with Gasteiger partial charge in [-0.25, -0.2) is 4.57 Å². The van der Waals surface area contributed by atoms with Crippen LogP contribution in [-0.4, -0.2) is 74.9 Å². The monoisotopic (exact) mass is 1210 g/mol. The summed E-state index contributed by atoms with van der Waals surface area (Å²) in [6.45, 7) is 4.35. The highest BCUT2D eigenvalue weighted by Gasteiger charge is 2.27. The second-order valence-electron chi connectivity index (χ2n) is 25.3. The summed E-state index contributed by atoms with van der Waals surface area (Å²) in [5.41, 5.74) is 0. The third-order valence-corrected chi connectivity index (χ3v) is 16.7. The Morgan fingerprint density at radius 2 is 0.671 bits per heavy atom. The number of hydrogen-bond donors (Lipinski definition) is 1. The average molecular weight is 1210 g/mol. The molecule has 0 radical (unpaired) electrons. The maximum atomic E-state index is 12.9. The number of hydrogen-bond acceptors (Lipinski definition) is 7. The number of rotatable bonds is 66. The zero-order chi connectivity index (χ0) is 61.9. The number of carbonyl (C=O) groups is 2. The summed E-state index contributed by atoms with van der Waals surface area (Å²) in [4.78, 5) is 35.9. The van der Waals surface area contributed by atoms with Gasteiger partial charge in [0.15, 0.2) is 6.10 Å². The molecule has 0 aromatic rings. The predicted molar refractivity (Wildman–Crippen MR) is 367 cm³/mol. The number of phosphoric acid groups is 1. The average Bonchev–Trinajstić information content (AvgIpc) is 3.50. The quantitative estimate of drug-likeness (QED) is 0.0211. The molecule has 0 aliphatic carbocycles. The number of phosphoric ester groups is 1. The number of allylic oxidation sites excluding steroid dienone is 14. The molecule has 85 heavy (non-hydrogen) atoms. The third-order valence-electron chi connectivity index (χ3n) is 15.7. The molecule has 0 saturated heterocycles. The first-order valence-corrected chi connectivity index (χ1v) is 37.3. The zero-order valence-electron chi connectivity index (χ0n) is 56.3. The van der Waals surface area contributed by atoms with Crippen LogP contribution >= 0.6 is 7.82 Å². The number of unbranched alkanes of at least 4 members (excludes halogenated alkanes) is 38. The minimum Gasteiger partial charge on any atom is -0.462 e. The Labute approximate surface area is 526 Å². The fourth-order valence-electron chi connectivity index (χ4n) is 10.2. The highest BCUT2D eigenvalue weighted by Crippen LogP contribution is 2.43. The number of nitrogens with zero attached hydrogens (tertiary/aromatic N) is 1. The SMILES string of the molecule is CC/C=C\C/C=C\C/C=C\C/C=C\C/C=C\C/C=C\C/C=C\CCCCCCCCCC(=O)OC(COC(=O)CCCCCCCCCCCCCCCCCCCCCCCCCCCCCCCCCC)COP(=O)(O)OCC[N+](C)(C)C. The van der Waals surface area contributed by atoms with Crippen molar-refractivity contribution in [2.24, 2.45) is 0 Å². The lowest BCUT2D eigenvalue weighted by Gasteiger charge is -2.24. The van der Waals surface area contributed by atoms with Crippen LogP contribution in [0, 0.1) is 0 Å². The largest absolute Gasteiger partial charge is 0.472 e. The first-order valence-electron chi connectivity index (χ1n) is 35.8. The topological polar surface area (TPSA) is 108 Å². The summed E-state index contributed by atoms with van der Waals surface area (Å²) in [7, 11) is 1.47. The molecular weight excluding hydrogens is 1070 g/mol. The zero-order valence-corrected chi connectivity index (χ0v) is 57.2. The van der Waals surface area contributed by atoms with Crippen molar-refractivity contribution in [1.82, 2.24) is 0 Å². The first-order chi connectivity index (χ1) is 41.5. The molecule has 0 fully saturated rings. The number of carbonyl (C=O) groups excluding carboxylic acids is 2. The maximum Gasteiger partial charge on any atom is 0.472 e. The van der Waals surface area contributed by atoms with Crippen molar-refractivity contribution in [3.8, 4) is 0 Å². The number of likely N-dealkylation sites (N-methyl/N-ethyl adjacent to an activating group) is 1. The van der Waals surface area contributed by atoms with E-state index in [0.717, 1.165) is 89.9 Å². The molecule has 494 valence electrons. The Morgan fingerprint density at radius 3 is 1.00 bits per heavy atom. The predicted octanol–water partition coefficient (Wildman–Crippen LogP) is 23.3. The van der Waals surface area contributed by atoms with E-state index >= 15 is 0 Å². The molecule has 0 aliphatic heterocycles. The molecule has 0 saturated carbocycles. The van der Waals surface area contributed by atoms with Gasteiger partial charge in [-0.2, -0.15) is 0 Å². The Kier molecular flexibility index (Phi) is 63.5. The van der Waals surface area contributed by atoms with E-state index in [-0.39, 0.29) is 32.0 Å². The Balaban J connectivity index is 4.05. The van der Waals surface area contributed by atoms with Gasteiger partial charge in [0.05, 0.1) is 27.7 Å². The fraction of sp³-hybridized carbons (Fsp3) is 0.787. The summed E-state index contributed by atoms with van der Waals surface area (Å²) in [5.74, 6) is -0.801. The van der Waals surface area contributed by atoms with E-state index in [0.29, 0.717) is 17.4 Å². The lowest BCUT2D eigenvalue weighted by Crippen LogP contribution is -2.37. The van der Waals surface area contributed by atoms with Gasteiger partial charge in [0.1, 0.15) is 19.8 Å².